The molecule has 38 heavy (non-hydrogen) atoms. The molecule has 3 aromatic carbocycles. The van der Waals surface area contributed by atoms with Crippen molar-refractivity contribution in [2.75, 3.05) is 12.9 Å². The highest BCUT2D eigenvalue weighted by Crippen LogP contribution is 2.24. The van der Waals surface area contributed by atoms with Gasteiger partial charge in [0, 0.05) is 23.9 Å². The van der Waals surface area contributed by atoms with Crippen LogP contribution < -0.4 is 10.1 Å². The monoisotopic (exact) mass is 530 g/mol. The highest BCUT2D eigenvalue weighted by molar-refractivity contribution is 8.00. The van der Waals surface area contributed by atoms with Crippen LogP contribution in [0.25, 0.3) is 0 Å². The van der Waals surface area contributed by atoms with Crippen LogP contribution in [-0.2, 0) is 22.6 Å². The molecule has 1 aliphatic rings. The number of thioether (sulfide) groups is 1. The fourth-order valence-corrected chi connectivity index (χ4v) is 5.71. The van der Waals surface area contributed by atoms with E-state index in [2.05, 4.69) is 24.4 Å². The summed E-state index contributed by atoms with van der Waals surface area (Å²) in [6.45, 7) is 2.38. The van der Waals surface area contributed by atoms with Crippen LogP contribution in [0.3, 0.4) is 0 Å². The maximum atomic E-state index is 13.9. The minimum absolute atomic E-state index is 0.0573. The molecule has 0 saturated heterocycles. The maximum Gasteiger partial charge on any atom is 0.243 e. The van der Waals surface area contributed by atoms with Crippen LogP contribution in [0.15, 0.2) is 83.8 Å². The number of methoxy groups -OCH3 is 1. The number of nitrogens with zero attached hydrogens (tertiary/aromatic N) is 1. The lowest BCUT2D eigenvalue weighted by molar-refractivity contribution is -0.139. The van der Waals surface area contributed by atoms with E-state index in [4.69, 9.17) is 4.74 Å². The van der Waals surface area contributed by atoms with Crippen LogP contribution in [0.5, 0.6) is 5.75 Å². The highest BCUT2D eigenvalue weighted by atomic mass is 32.2. The molecule has 1 unspecified atom stereocenters. The third-order valence-electron chi connectivity index (χ3n) is 7.09. The average molecular weight is 531 g/mol. The smallest absolute Gasteiger partial charge is 0.243 e. The molecule has 1 saturated carbocycles. The fourth-order valence-electron chi connectivity index (χ4n) is 4.93. The highest BCUT2D eigenvalue weighted by Gasteiger charge is 2.32. The quantitative estimate of drug-likeness (QED) is 0.301. The van der Waals surface area contributed by atoms with Crippen molar-refractivity contribution in [3.63, 3.8) is 0 Å². The van der Waals surface area contributed by atoms with Crippen molar-refractivity contribution in [3.05, 3.63) is 95.6 Å². The van der Waals surface area contributed by atoms with Gasteiger partial charge in [-0.05, 0) is 55.2 Å². The van der Waals surface area contributed by atoms with E-state index in [-0.39, 0.29) is 23.6 Å². The number of carbonyl (C=O) groups excluding carboxylic acids is 2. The summed E-state index contributed by atoms with van der Waals surface area (Å²) < 4.78 is 5.43. The van der Waals surface area contributed by atoms with Gasteiger partial charge in [-0.1, -0.05) is 79.4 Å². The maximum absolute atomic E-state index is 13.9. The summed E-state index contributed by atoms with van der Waals surface area (Å²) in [5.41, 5.74) is 3.15. The molecular weight excluding hydrogens is 492 g/mol. The lowest BCUT2D eigenvalue weighted by Crippen LogP contribution is -2.53. The van der Waals surface area contributed by atoms with Crippen molar-refractivity contribution in [1.29, 1.82) is 0 Å². The third-order valence-corrected chi connectivity index (χ3v) is 8.09. The molecule has 200 valence electrons. The first-order valence-corrected chi connectivity index (χ1v) is 14.5. The first-order chi connectivity index (χ1) is 18.5. The van der Waals surface area contributed by atoms with Crippen LogP contribution in [0.4, 0.5) is 0 Å². The fraction of sp³-hybridized carbons (Fsp3) is 0.375. The van der Waals surface area contributed by atoms with Gasteiger partial charge < -0.3 is 15.0 Å². The Morgan fingerprint density at radius 2 is 1.66 bits per heavy atom. The van der Waals surface area contributed by atoms with E-state index in [1.165, 1.54) is 23.7 Å². The molecule has 0 aliphatic heterocycles. The Hall–Kier alpha value is -3.25. The predicted octanol–water partition coefficient (Wildman–Crippen LogP) is 6.18. The van der Waals surface area contributed by atoms with Crippen molar-refractivity contribution in [1.82, 2.24) is 10.2 Å². The van der Waals surface area contributed by atoms with Crippen LogP contribution in [0.2, 0.25) is 0 Å². The molecule has 1 aliphatic carbocycles. The zero-order valence-corrected chi connectivity index (χ0v) is 23.2. The number of amides is 2. The molecule has 0 radical (unpaired) electrons. The van der Waals surface area contributed by atoms with Crippen molar-refractivity contribution in [2.45, 2.75) is 69.0 Å². The first-order valence-electron chi connectivity index (χ1n) is 13.5. The lowest BCUT2D eigenvalue weighted by Gasteiger charge is -2.33. The van der Waals surface area contributed by atoms with Crippen molar-refractivity contribution in [3.8, 4) is 5.75 Å². The molecule has 0 heterocycles. The summed E-state index contributed by atoms with van der Waals surface area (Å²) in [6.07, 6.45) is 5.94. The van der Waals surface area contributed by atoms with Gasteiger partial charge in [-0.2, -0.15) is 0 Å². The standard InChI is InChI=1S/C32H38N2O3S/c1-24-16-18-29(19-17-24)38-23-31(35)34(22-26-12-9-15-28(20-26)37-2)30(21-25-10-5-3-6-11-25)32(36)33-27-13-7-4-8-14-27/h3,5-6,9-12,15-20,27,30H,4,7-8,13-14,21-23H2,1-2H3,(H,33,36). The van der Waals surface area contributed by atoms with E-state index >= 15 is 0 Å². The largest absolute Gasteiger partial charge is 0.497 e. The molecule has 1 atom stereocenters. The Kier molecular flexibility index (Phi) is 10.3. The molecule has 0 aromatic heterocycles. The van der Waals surface area contributed by atoms with E-state index in [9.17, 15) is 9.59 Å². The Bertz CT molecular complexity index is 1180. The summed E-state index contributed by atoms with van der Waals surface area (Å²) in [5, 5.41) is 3.30. The number of benzene rings is 3. The first kappa shape index (κ1) is 27.8. The van der Waals surface area contributed by atoms with Gasteiger partial charge >= 0.3 is 0 Å². The van der Waals surface area contributed by atoms with E-state index in [0.717, 1.165) is 47.5 Å². The van der Waals surface area contributed by atoms with Crippen LogP contribution in [0.1, 0.15) is 48.8 Å². The van der Waals surface area contributed by atoms with E-state index in [0.29, 0.717) is 13.0 Å². The topological polar surface area (TPSA) is 58.6 Å². The van der Waals surface area contributed by atoms with Gasteiger partial charge in [0.05, 0.1) is 12.9 Å². The van der Waals surface area contributed by atoms with Gasteiger partial charge in [0.1, 0.15) is 11.8 Å². The average Bonchev–Trinajstić information content (AvgIpc) is 2.95. The van der Waals surface area contributed by atoms with Crippen LogP contribution in [0, 0.1) is 6.92 Å². The SMILES string of the molecule is COc1cccc(CN(C(=O)CSc2ccc(C)cc2)C(Cc2ccccc2)C(=O)NC2CCCCC2)c1. The number of rotatable bonds is 11. The lowest BCUT2D eigenvalue weighted by atomic mass is 9.94. The normalized spacial score (nSPS) is 14.5. The van der Waals surface area contributed by atoms with Crippen LogP contribution >= 0.6 is 11.8 Å². The molecule has 6 heteroatoms. The molecular formula is C32H38N2O3S. The molecule has 3 aromatic rings. The van der Waals surface area contributed by atoms with E-state index in [1.54, 1.807) is 12.0 Å². The molecule has 2 amide bonds. The minimum Gasteiger partial charge on any atom is -0.497 e. The molecule has 0 bridgehead atoms. The molecule has 5 nitrogen and oxygen atoms in total. The Morgan fingerprint density at radius 1 is 0.947 bits per heavy atom. The van der Waals surface area contributed by atoms with Gasteiger partial charge in [0.25, 0.3) is 0 Å². The van der Waals surface area contributed by atoms with E-state index in [1.807, 2.05) is 66.7 Å². The molecule has 1 fully saturated rings. The van der Waals surface area contributed by atoms with Crippen LogP contribution in [-0.4, -0.2) is 41.7 Å². The van der Waals surface area contributed by atoms with Crippen molar-refractivity contribution >= 4 is 23.6 Å². The van der Waals surface area contributed by atoms with Gasteiger partial charge in [-0.25, -0.2) is 0 Å². The second-order valence-electron chi connectivity index (χ2n) is 10.0. The van der Waals surface area contributed by atoms with Crippen molar-refractivity contribution < 1.29 is 14.3 Å². The number of nitrogens with one attached hydrogen (secondary N) is 1. The second kappa shape index (κ2) is 14.1. The summed E-state index contributed by atoms with van der Waals surface area (Å²) >= 11 is 1.51. The number of hydrogen-bond donors (Lipinski definition) is 1. The Morgan fingerprint density at radius 3 is 2.37 bits per heavy atom. The number of ether oxygens (including phenoxy) is 1. The third kappa shape index (κ3) is 8.12. The van der Waals surface area contributed by atoms with Gasteiger partial charge in [-0.15, -0.1) is 11.8 Å². The Labute approximate surface area is 231 Å². The molecule has 1 N–H and O–H groups in total. The number of aryl methyl sites for hydroxylation is 1. The summed E-state index contributed by atoms with van der Waals surface area (Å²) in [7, 11) is 1.63. The zero-order valence-electron chi connectivity index (χ0n) is 22.4. The minimum atomic E-state index is -0.614. The summed E-state index contributed by atoms with van der Waals surface area (Å²) in [4.78, 5) is 30.5. The van der Waals surface area contributed by atoms with Gasteiger partial charge in [-0.3, -0.25) is 9.59 Å². The molecule has 0 spiro atoms. The Balaban J connectivity index is 1.61. The number of hydrogen-bond acceptors (Lipinski definition) is 4. The summed E-state index contributed by atoms with van der Waals surface area (Å²) in [6, 6.07) is 25.4. The second-order valence-corrected chi connectivity index (χ2v) is 11.1. The van der Waals surface area contributed by atoms with Gasteiger partial charge in [0.15, 0.2) is 0 Å². The summed E-state index contributed by atoms with van der Waals surface area (Å²) in [5.74, 6) is 0.861. The van der Waals surface area contributed by atoms with Crippen molar-refractivity contribution in [2.24, 2.45) is 0 Å². The zero-order chi connectivity index (χ0) is 26.7. The predicted molar refractivity (Wildman–Crippen MR) is 154 cm³/mol. The van der Waals surface area contributed by atoms with Gasteiger partial charge in [0.2, 0.25) is 11.8 Å². The number of carbonyl (C=O) groups is 2. The molecule has 4 rings (SSSR count). The van der Waals surface area contributed by atoms with E-state index < -0.39 is 6.04 Å².